The van der Waals surface area contributed by atoms with Gasteiger partial charge in [-0.05, 0) is 61.6 Å². The Hall–Kier alpha value is -2.95. The number of halogens is 1. The second kappa shape index (κ2) is 7.97. The Morgan fingerprint density at radius 2 is 1.54 bits per heavy atom. The van der Waals surface area contributed by atoms with Crippen molar-refractivity contribution in [2.75, 3.05) is 13.1 Å². The number of rotatable bonds is 5. The van der Waals surface area contributed by atoms with Gasteiger partial charge in [-0.3, -0.25) is 9.59 Å². The van der Waals surface area contributed by atoms with Crippen LogP contribution in [-0.2, 0) is 4.79 Å². The molecule has 1 saturated heterocycles. The number of hydrogen-bond acceptors (Lipinski definition) is 2. The van der Waals surface area contributed by atoms with Gasteiger partial charge < -0.3 is 10.0 Å². The molecule has 1 fully saturated rings. The number of carboxylic acid groups (broad SMARTS) is 1. The van der Waals surface area contributed by atoms with Crippen LogP contribution in [0.2, 0.25) is 0 Å². The van der Waals surface area contributed by atoms with Gasteiger partial charge in [0.15, 0.2) is 0 Å². The summed E-state index contributed by atoms with van der Waals surface area (Å²) in [6.07, 6.45) is 1.29. The average molecular weight is 381 g/mol. The summed E-state index contributed by atoms with van der Waals surface area (Å²) in [7, 11) is 0. The molecule has 2 aromatic rings. The van der Waals surface area contributed by atoms with Crippen LogP contribution in [0, 0.1) is 11.2 Å². The Morgan fingerprint density at radius 3 is 2.00 bits per heavy atom. The van der Waals surface area contributed by atoms with Crippen molar-refractivity contribution >= 4 is 11.9 Å². The highest BCUT2D eigenvalue weighted by Gasteiger charge is 2.42. The molecular formula is C23H24FNO3. The zero-order valence-corrected chi connectivity index (χ0v) is 16.0. The fourth-order valence-electron chi connectivity index (χ4n) is 3.81. The lowest BCUT2D eigenvalue weighted by molar-refractivity contribution is -0.151. The Morgan fingerprint density at radius 1 is 1.04 bits per heavy atom. The Labute approximate surface area is 164 Å². The smallest absolute Gasteiger partial charge is 0.310 e. The quantitative estimate of drug-likeness (QED) is 0.760. The van der Waals surface area contributed by atoms with Crippen LogP contribution in [0.25, 0.3) is 11.1 Å². The molecule has 0 radical (unpaired) electrons. The summed E-state index contributed by atoms with van der Waals surface area (Å²) in [5.41, 5.74) is 2.37. The van der Waals surface area contributed by atoms with Crippen molar-refractivity contribution in [3.8, 4) is 11.1 Å². The van der Waals surface area contributed by atoms with E-state index in [0.717, 1.165) is 16.7 Å². The SMILES string of the molecule is C=C(C)CC1(C(=O)O)CCN(C(=O)c2ccc(-c3ccc(F)cc3)cc2)CC1. The third-order valence-corrected chi connectivity index (χ3v) is 5.41. The van der Waals surface area contributed by atoms with Crippen molar-refractivity contribution in [1.82, 2.24) is 4.90 Å². The highest BCUT2D eigenvalue weighted by molar-refractivity contribution is 5.95. The number of benzene rings is 2. The van der Waals surface area contributed by atoms with Gasteiger partial charge in [-0.2, -0.15) is 0 Å². The fourth-order valence-corrected chi connectivity index (χ4v) is 3.81. The van der Waals surface area contributed by atoms with E-state index < -0.39 is 11.4 Å². The van der Waals surface area contributed by atoms with E-state index >= 15 is 0 Å². The number of carboxylic acids is 1. The van der Waals surface area contributed by atoms with Gasteiger partial charge in [-0.1, -0.05) is 29.8 Å². The second-order valence-corrected chi connectivity index (χ2v) is 7.60. The van der Waals surface area contributed by atoms with E-state index in [-0.39, 0.29) is 11.7 Å². The van der Waals surface area contributed by atoms with Gasteiger partial charge in [-0.15, -0.1) is 6.58 Å². The molecule has 0 unspecified atom stereocenters. The number of aliphatic carboxylic acids is 1. The molecule has 0 aromatic heterocycles. The minimum Gasteiger partial charge on any atom is -0.481 e. The number of amides is 1. The number of carbonyl (C=O) groups excluding carboxylic acids is 1. The maximum atomic E-state index is 13.1. The maximum Gasteiger partial charge on any atom is 0.310 e. The molecule has 1 N–H and O–H groups in total. The normalized spacial score (nSPS) is 15.9. The lowest BCUT2D eigenvalue weighted by Crippen LogP contribution is -2.46. The molecule has 28 heavy (non-hydrogen) atoms. The van der Waals surface area contributed by atoms with Crippen LogP contribution < -0.4 is 0 Å². The van der Waals surface area contributed by atoms with Gasteiger partial charge in [0.2, 0.25) is 0 Å². The van der Waals surface area contributed by atoms with Crippen LogP contribution in [0.3, 0.4) is 0 Å². The van der Waals surface area contributed by atoms with Crippen molar-refractivity contribution in [3.05, 3.63) is 72.1 Å². The molecule has 2 aromatic carbocycles. The molecule has 1 aliphatic rings. The molecule has 1 aliphatic heterocycles. The van der Waals surface area contributed by atoms with Crippen molar-refractivity contribution in [3.63, 3.8) is 0 Å². The van der Waals surface area contributed by atoms with Gasteiger partial charge in [0, 0.05) is 18.7 Å². The molecule has 4 nitrogen and oxygen atoms in total. The third-order valence-electron chi connectivity index (χ3n) is 5.41. The summed E-state index contributed by atoms with van der Waals surface area (Å²) in [6, 6.07) is 13.4. The van der Waals surface area contributed by atoms with E-state index in [1.54, 1.807) is 29.2 Å². The average Bonchev–Trinajstić information content (AvgIpc) is 2.68. The predicted molar refractivity (Wildman–Crippen MR) is 106 cm³/mol. The van der Waals surface area contributed by atoms with Crippen molar-refractivity contribution < 1.29 is 19.1 Å². The van der Waals surface area contributed by atoms with Crippen LogP contribution in [0.5, 0.6) is 0 Å². The van der Waals surface area contributed by atoms with Crippen LogP contribution >= 0.6 is 0 Å². The van der Waals surface area contributed by atoms with E-state index in [4.69, 9.17) is 0 Å². The van der Waals surface area contributed by atoms with Crippen LogP contribution in [0.1, 0.15) is 36.5 Å². The topological polar surface area (TPSA) is 57.6 Å². The summed E-state index contributed by atoms with van der Waals surface area (Å²) >= 11 is 0. The van der Waals surface area contributed by atoms with E-state index in [2.05, 4.69) is 6.58 Å². The van der Waals surface area contributed by atoms with Gasteiger partial charge in [0.25, 0.3) is 5.91 Å². The van der Waals surface area contributed by atoms with Gasteiger partial charge in [0.05, 0.1) is 5.41 Å². The minimum atomic E-state index is -0.824. The van der Waals surface area contributed by atoms with Gasteiger partial charge in [-0.25, -0.2) is 4.39 Å². The van der Waals surface area contributed by atoms with Crippen LogP contribution in [0.4, 0.5) is 4.39 Å². The number of allylic oxidation sites excluding steroid dienone is 1. The highest BCUT2D eigenvalue weighted by Crippen LogP contribution is 2.38. The molecule has 3 rings (SSSR count). The number of carbonyl (C=O) groups is 2. The molecule has 5 heteroatoms. The Bertz CT molecular complexity index is 879. The lowest BCUT2D eigenvalue weighted by atomic mass is 9.74. The number of nitrogens with zero attached hydrogens (tertiary/aromatic N) is 1. The molecule has 1 heterocycles. The molecule has 0 spiro atoms. The number of piperidine rings is 1. The zero-order chi connectivity index (χ0) is 20.3. The zero-order valence-electron chi connectivity index (χ0n) is 16.0. The van der Waals surface area contributed by atoms with Crippen LogP contribution in [0.15, 0.2) is 60.7 Å². The standard InChI is InChI=1S/C23H24FNO3/c1-16(2)15-23(22(27)28)11-13-25(14-12-23)21(26)19-5-3-17(4-6-19)18-7-9-20(24)10-8-18/h3-10H,1,11-15H2,2H3,(H,27,28). The summed E-state index contributed by atoms with van der Waals surface area (Å²) < 4.78 is 13.1. The Kier molecular flexibility index (Phi) is 5.63. The number of hydrogen-bond donors (Lipinski definition) is 1. The molecule has 0 saturated carbocycles. The Balaban J connectivity index is 1.69. The number of likely N-dealkylation sites (tertiary alicyclic amines) is 1. The molecule has 0 atom stereocenters. The van der Waals surface area contributed by atoms with Gasteiger partial charge in [0.1, 0.15) is 5.82 Å². The minimum absolute atomic E-state index is 0.0973. The maximum absolute atomic E-state index is 13.1. The first-order valence-electron chi connectivity index (χ1n) is 9.34. The summed E-state index contributed by atoms with van der Waals surface area (Å²) in [6.45, 7) is 6.52. The van der Waals surface area contributed by atoms with E-state index in [9.17, 15) is 19.1 Å². The van der Waals surface area contributed by atoms with Gasteiger partial charge >= 0.3 is 5.97 Å². The largest absolute Gasteiger partial charge is 0.481 e. The van der Waals surface area contributed by atoms with Crippen molar-refractivity contribution in [2.45, 2.75) is 26.2 Å². The van der Waals surface area contributed by atoms with E-state index in [1.807, 2.05) is 19.1 Å². The first kappa shape index (κ1) is 19.8. The first-order chi connectivity index (χ1) is 13.3. The lowest BCUT2D eigenvalue weighted by Gasteiger charge is -2.39. The van der Waals surface area contributed by atoms with Crippen molar-refractivity contribution in [1.29, 1.82) is 0 Å². The molecular weight excluding hydrogens is 357 g/mol. The fraction of sp³-hybridized carbons (Fsp3) is 0.304. The molecule has 0 bridgehead atoms. The summed E-state index contributed by atoms with van der Waals surface area (Å²) in [5.74, 6) is -1.20. The monoisotopic (exact) mass is 381 g/mol. The second-order valence-electron chi connectivity index (χ2n) is 7.60. The summed E-state index contributed by atoms with van der Waals surface area (Å²) in [4.78, 5) is 26.3. The highest BCUT2D eigenvalue weighted by atomic mass is 19.1. The summed E-state index contributed by atoms with van der Waals surface area (Å²) in [5, 5.41) is 9.67. The van der Waals surface area contributed by atoms with Crippen molar-refractivity contribution in [2.24, 2.45) is 5.41 Å². The van der Waals surface area contributed by atoms with Crippen LogP contribution in [-0.4, -0.2) is 35.0 Å². The first-order valence-corrected chi connectivity index (χ1v) is 9.34. The molecule has 1 amide bonds. The molecule has 0 aliphatic carbocycles. The molecule has 146 valence electrons. The van der Waals surface area contributed by atoms with E-state index in [1.165, 1.54) is 12.1 Å². The predicted octanol–water partition coefficient (Wildman–Crippen LogP) is 4.77. The third kappa shape index (κ3) is 4.14. The van der Waals surface area contributed by atoms with E-state index in [0.29, 0.717) is 37.9 Å².